The molecule has 3 atom stereocenters. The fraction of sp³-hybridized carbons (Fsp3) is 0.259. The monoisotopic (exact) mass is 465 g/mol. The average Bonchev–Trinajstić information content (AvgIpc) is 3.55. The van der Waals surface area contributed by atoms with E-state index in [1.165, 1.54) is 0 Å². The Balaban J connectivity index is 1.73. The summed E-state index contributed by atoms with van der Waals surface area (Å²) in [5.74, 6) is -0.315. The lowest BCUT2D eigenvalue weighted by Crippen LogP contribution is -2.65. The van der Waals surface area contributed by atoms with E-state index in [4.69, 9.17) is 10.5 Å². The molecular weight excluding hydrogens is 442 g/mol. The number of para-hydroxylation sites is 2. The molecule has 1 saturated heterocycles. The zero-order chi connectivity index (χ0) is 23.9. The maximum Gasteiger partial charge on any atom is 0.252 e. The molecule has 0 saturated carbocycles. The summed E-state index contributed by atoms with van der Waals surface area (Å²) < 4.78 is 11.1. The predicted molar refractivity (Wildman–Crippen MR) is 133 cm³/mol. The first-order valence-electron chi connectivity index (χ1n) is 11.9. The molecule has 2 aromatic heterocycles. The Morgan fingerprint density at radius 2 is 1.77 bits per heavy atom. The summed E-state index contributed by atoms with van der Waals surface area (Å²) in [5.41, 5.74) is 10.1. The molecule has 8 rings (SSSR count). The van der Waals surface area contributed by atoms with Crippen LogP contribution in [-0.2, 0) is 21.8 Å². The molecule has 1 fully saturated rings. The first kappa shape index (κ1) is 19.4. The fourth-order valence-corrected chi connectivity index (χ4v) is 7.02. The van der Waals surface area contributed by atoms with Crippen molar-refractivity contribution < 1.29 is 14.3 Å². The molecule has 3 aliphatic heterocycles. The molecule has 5 heterocycles. The minimum absolute atomic E-state index is 0.0540. The highest BCUT2D eigenvalue weighted by Gasteiger charge is 2.63. The summed E-state index contributed by atoms with van der Waals surface area (Å²) in [7, 11) is 1.61. The minimum Gasteiger partial charge on any atom is -0.357 e. The maximum absolute atomic E-state index is 13.4. The number of nitrogens with one attached hydrogen (secondary N) is 2. The van der Waals surface area contributed by atoms with Gasteiger partial charge in [-0.25, -0.2) is 0 Å². The van der Waals surface area contributed by atoms with Gasteiger partial charge >= 0.3 is 0 Å². The summed E-state index contributed by atoms with van der Waals surface area (Å²) in [6.07, 6.45) is -0.178. The van der Waals surface area contributed by atoms with Crippen LogP contribution in [0, 0.1) is 0 Å². The number of carbonyl (C=O) groups excluding carboxylic acids is 2. The number of fused-ring (bicyclic) bond motifs is 13. The number of ether oxygens (including phenoxy) is 1. The van der Waals surface area contributed by atoms with E-state index in [1.807, 2.05) is 37.3 Å². The predicted octanol–water partition coefficient (Wildman–Crippen LogP) is 3.19. The zero-order valence-corrected chi connectivity index (χ0v) is 19.3. The van der Waals surface area contributed by atoms with Gasteiger partial charge in [0.1, 0.15) is 11.8 Å². The number of carbonyl (C=O) groups is 2. The highest BCUT2D eigenvalue weighted by atomic mass is 16.5. The van der Waals surface area contributed by atoms with Crippen molar-refractivity contribution in [3.63, 3.8) is 0 Å². The Labute approximate surface area is 199 Å². The molecule has 2 amide bonds. The fourth-order valence-electron chi connectivity index (χ4n) is 7.02. The molecule has 174 valence electrons. The van der Waals surface area contributed by atoms with Gasteiger partial charge in [0.05, 0.1) is 27.6 Å². The number of hydrogen-bond acceptors (Lipinski definition) is 4. The number of nitrogens with two attached hydrogens (primary N) is 1. The molecular formula is C27H23N5O3. The van der Waals surface area contributed by atoms with E-state index in [1.54, 1.807) is 7.05 Å². The van der Waals surface area contributed by atoms with Crippen molar-refractivity contribution in [1.29, 1.82) is 0 Å². The van der Waals surface area contributed by atoms with Crippen LogP contribution in [0.2, 0.25) is 0 Å². The van der Waals surface area contributed by atoms with E-state index in [9.17, 15) is 9.59 Å². The van der Waals surface area contributed by atoms with E-state index < -0.39 is 17.5 Å². The lowest BCUT2D eigenvalue weighted by molar-refractivity contribution is -0.148. The first-order valence-corrected chi connectivity index (χ1v) is 11.9. The second-order valence-electron chi connectivity index (χ2n) is 10.0. The molecule has 4 N–H and O–H groups in total. The molecule has 0 aliphatic carbocycles. The van der Waals surface area contributed by atoms with Gasteiger partial charge in [-0.05, 0) is 24.6 Å². The lowest BCUT2D eigenvalue weighted by atomic mass is 9.85. The topological polar surface area (TPSA) is 103 Å². The van der Waals surface area contributed by atoms with Crippen LogP contribution >= 0.6 is 0 Å². The number of aromatic nitrogens is 2. The van der Waals surface area contributed by atoms with Gasteiger partial charge in [-0.1, -0.05) is 36.4 Å². The third kappa shape index (κ3) is 1.89. The van der Waals surface area contributed by atoms with E-state index in [2.05, 4.69) is 38.0 Å². The lowest BCUT2D eigenvalue weighted by Gasteiger charge is -2.39. The summed E-state index contributed by atoms with van der Waals surface area (Å²) in [5, 5.41) is 9.81. The number of likely N-dealkylation sites (N-methyl/N-ethyl adjacent to an activating group) is 1. The smallest absolute Gasteiger partial charge is 0.252 e. The van der Waals surface area contributed by atoms with Crippen LogP contribution in [0.3, 0.4) is 0 Å². The Kier molecular flexibility index (Phi) is 3.24. The van der Waals surface area contributed by atoms with E-state index in [-0.39, 0.29) is 11.8 Å². The van der Waals surface area contributed by atoms with E-state index in [0.717, 1.165) is 54.7 Å². The molecule has 3 aliphatic rings. The number of amides is 2. The van der Waals surface area contributed by atoms with Crippen LogP contribution in [0.5, 0.6) is 0 Å². The minimum atomic E-state index is -1.32. The second-order valence-corrected chi connectivity index (χ2v) is 10.0. The van der Waals surface area contributed by atoms with Gasteiger partial charge in [0.2, 0.25) is 5.91 Å². The van der Waals surface area contributed by atoms with Gasteiger partial charge in [-0.15, -0.1) is 0 Å². The third-order valence-corrected chi connectivity index (χ3v) is 8.55. The highest BCUT2D eigenvalue weighted by Crippen LogP contribution is 2.56. The van der Waals surface area contributed by atoms with Crippen molar-refractivity contribution >= 4 is 55.4 Å². The number of rotatable bonds is 1. The molecule has 2 bridgehead atoms. The van der Waals surface area contributed by atoms with Crippen LogP contribution in [-0.4, -0.2) is 33.5 Å². The Hall–Kier alpha value is -3.88. The number of benzene rings is 3. The van der Waals surface area contributed by atoms with Crippen LogP contribution in [0.15, 0.2) is 48.5 Å². The second kappa shape index (κ2) is 5.84. The maximum atomic E-state index is 13.4. The normalized spacial score (nSPS) is 26.7. The van der Waals surface area contributed by atoms with Crippen molar-refractivity contribution in [3.8, 4) is 0 Å². The van der Waals surface area contributed by atoms with E-state index >= 15 is 0 Å². The summed E-state index contributed by atoms with van der Waals surface area (Å²) in [6.45, 7) is 2.38. The molecule has 3 aromatic carbocycles. The molecule has 35 heavy (non-hydrogen) atoms. The zero-order valence-electron chi connectivity index (χ0n) is 19.3. The molecule has 0 unspecified atom stereocenters. The van der Waals surface area contributed by atoms with Gasteiger partial charge in [-0.2, -0.15) is 0 Å². The Morgan fingerprint density at radius 3 is 2.51 bits per heavy atom. The number of hydrogen-bond donors (Lipinski definition) is 3. The molecule has 8 heteroatoms. The van der Waals surface area contributed by atoms with Crippen molar-refractivity contribution in [2.24, 2.45) is 5.73 Å². The largest absolute Gasteiger partial charge is 0.357 e. The third-order valence-electron chi connectivity index (χ3n) is 8.55. The van der Waals surface area contributed by atoms with Gasteiger partial charge < -0.3 is 30.2 Å². The van der Waals surface area contributed by atoms with E-state index in [0.29, 0.717) is 13.0 Å². The Morgan fingerprint density at radius 1 is 1.09 bits per heavy atom. The van der Waals surface area contributed by atoms with Gasteiger partial charge in [-0.3, -0.25) is 9.59 Å². The SMILES string of the molecule is CNC(=O)[C@@]1(N)C[C@H]2O[C@]1(C)n1c3ccccc3c3c4c(c5c6ccccc6n2c5c31)C(=O)NC4. The molecule has 8 nitrogen and oxygen atoms in total. The standard InChI is InChI=1S/C27H23N5O3/c1-26-27(28,25(34)29-2)11-18(35-26)31-16-9-5-3-7-13(16)20-21-15(12-30-24(21)33)19-14-8-4-6-10-17(14)32(26)23(19)22(20)31/h3-10,18H,11-12,28H2,1-2H3,(H,29,34)(H,30,33)/t18-,26+,27+/m1/s1. The van der Waals surface area contributed by atoms with Gasteiger partial charge in [0.25, 0.3) is 5.91 Å². The van der Waals surface area contributed by atoms with Crippen molar-refractivity contribution in [2.75, 3.05) is 7.05 Å². The summed E-state index contributed by atoms with van der Waals surface area (Å²) in [6, 6.07) is 16.2. The van der Waals surface area contributed by atoms with Gasteiger partial charge in [0, 0.05) is 41.6 Å². The average molecular weight is 466 g/mol. The van der Waals surface area contributed by atoms with Crippen molar-refractivity contribution in [3.05, 3.63) is 59.7 Å². The Bertz CT molecular complexity index is 1830. The van der Waals surface area contributed by atoms with Gasteiger partial charge in [0.15, 0.2) is 5.72 Å². The van der Waals surface area contributed by atoms with Crippen LogP contribution in [0.4, 0.5) is 0 Å². The molecule has 0 spiro atoms. The molecule has 0 radical (unpaired) electrons. The quantitative estimate of drug-likeness (QED) is 0.354. The summed E-state index contributed by atoms with van der Waals surface area (Å²) >= 11 is 0. The van der Waals surface area contributed by atoms with Crippen LogP contribution < -0.4 is 16.4 Å². The van der Waals surface area contributed by atoms with Crippen molar-refractivity contribution in [2.45, 2.75) is 37.4 Å². The highest BCUT2D eigenvalue weighted by molar-refractivity contribution is 6.31. The van der Waals surface area contributed by atoms with Crippen LogP contribution in [0.25, 0.3) is 43.6 Å². The molecule has 5 aromatic rings. The summed E-state index contributed by atoms with van der Waals surface area (Å²) in [4.78, 5) is 26.6. The van der Waals surface area contributed by atoms with Crippen LogP contribution in [0.1, 0.15) is 35.5 Å². The van der Waals surface area contributed by atoms with Crippen molar-refractivity contribution in [1.82, 2.24) is 19.8 Å². The first-order chi connectivity index (χ1) is 16.9. The number of nitrogens with zero attached hydrogens (tertiary/aromatic N) is 2.